The first-order valence-electron chi connectivity index (χ1n) is 15.1. The summed E-state index contributed by atoms with van der Waals surface area (Å²) in [5.74, 6) is -0.0802. The van der Waals surface area contributed by atoms with Crippen LogP contribution in [0, 0.1) is 16.7 Å². The van der Waals surface area contributed by atoms with Crippen molar-refractivity contribution >= 4 is 27.3 Å². The maximum Gasteiger partial charge on any atom is 0.233 e. The second-order valence-corrected chi connectivity index (χ2v) is 14.3. The molecule has 2 fully saturated rings. The number of aliphatic hydroxyl groups is 1. The van der Waals surface area contributed by atoms with Crippen LogP contribution in [0.2, 0.25) is 0 Å². The fourth-order valence-electron chi connectivity index (χ4n) is 7.41. The van der Waals surface area contributed by atoms with Gasteiger partial charge in [0.25, 0.3) is 0 Å². The highest BCUT2D eigenvalue weighted by molar-refractivity contribution is 7.92. The molecule has 4 aromatic rings. The Morgan fingerprint density at radius 1 is 0.909 bits per heavy atom. The normalized spacial score (nSPS) is 22.7. The van der Waals surface area contributed by atoms with Crippen LogP contribution in [0.3, 0.4) is 0 Å². The maximum absolute atomic E-state index is 13.9. The number of carbonyl (C=O) groups excluding carboxylic acids is 1. The lowest BCUT2D eigenvalue weighted by atomic mass is 9.70. The molecule has 0 aliphatic heterocycles. The van der Waals surface area contributed by atoms with Crippen molar-refractivity contribution in [2.45, 2.75) is 51.2 Å². The van der Waals surface area contributed by atoms with Gasteiger partial charge < -0.3 is 10.4 Å². The lowest BCUT2D eigenvalue weighted by molar-refractivity contribution is -0.128. The summed E-state index contributed by atoms with van der Waals surface area (Å²) in [6.45, 7) is 4.07. The lowest BCUT2D eigenvalue weighted by Crippen LogP contribution is -2.43. The highest BCUT2D eigenvalue weighted by Crippen LogP contribution is 2.64. The minimum absolute atomic E-state index is 0.0494. The molecule has 9 heteroatoms. The molecule has 0 saturated heterocycles. The highest BCUT2D eigenvalue weighted by atomic mass is 32.2. The van der Waals surface area contributed by atoms with Crippen LogP contribution in [0.4, 0.5) is 11.5 Å². The molecule has 8 nitrogen and oxygen atoms in total. The van der Waals surface area contributed by atoms with Crippen molar-refractivity contribution < 1.29 is 18.3 Å². The molecule has 2 bridgehead atoms. The standard InChI is InChI=1S/C35H38N4O4S/c1-34(2)25-18-19-35(34,29(40)22-25)23-44(42,43)39-27-15-7-6-14-26(27)32(38-30-17-9-11-21-37-30)31(28-16-8-10-20-36-28)33(41)24-12-4-3-5-13-24/h3-17,20-21,25,31-33,39,41H,18-19,22-23H2,1-2H3,(H,37,38)/t25-,31?,32?,33?,35+/m0/s1. The smallest absolute Gasteiger partial charge is 0.233 e. The number of nitrogens with zero attached hydrogens (tertiary/aromatic N) is 2. The largest absolute Gasteiger partial charge is 0.388 e. The van der Waals surface area contributed by atoms with Gasteiger partial charge in [0.15, 0.2) is 0 Å². The molecule has 3 N–H and O–H groups in total. The fraction of sp³-hybridized carbons (Fsp3) is 0.343. The minimum Gasteiger partial charge on any atom is -0.388 e. The number of sulfonamides is 1. The summed E-state index contributed by atoms with van der Waals surface area (Å²) in [7, 11) is -3.95. The Labute approximate surface area is 259 Å². The number of fused-ring (bicyclic) bond motifs is 2. The third-order valence-electron chi connectivity index (χ3n) is 9.97. The van der Waals surface area contributed by atoms with Crippen molar-refractivity contribution in [2.24, 2.45) is 16.7 Å². The van der Waals surface area contributed by atoms with Crippen molar-refractivity contribution in [3.63, 3.8) is 0 Å². The van der Waals surface area contributed by atoms with Gasteiger partial charge in [0, 0.05) is 24.5 Å². The van der Waals surface area contributed by atoms with E-state index in [1.54, 1.807) is 24.5 Å². The third-order valence-corrected chi connectivity index (χ3v) is 11.4. The molecule has 3 unspecified atom stereocenters. The summed E-state index contributed by atoms with van der Waals surface area (Å²) in [5.41, 5.74) is 1.03. The van der Waals surface area contributed by atoms with Gasteiger partial charge in [0.05, 0.1) is 34.9 Å². The number of anilines is 2. The third kappa shape index (κ3) is 5.50. The number of rotatable bonds is 11. The zero-order chi connectivity index (χ0) is 31.0. The van der Waals surface area contributed by atoms with E-state index in [0.29, 0.717) is 41.2 Å². The van der Waals surface area contributed by atoms with Crippen LogP contribution in [-0.2, 0) is 14.8 Å². The summed E-state index contributed by atoms with van der Waals surface area (Å²) in [6.07, 6.45) is 4.25. The zero-order valence-electron chi connectivity index (χ0n) is 24.9. The number of benzene rings is 2. The minimum atomic E-state index is -3.95. The Bertz CT molecular complexity index is 1720. The van der Waals surface area contributed by atoms with Crippen molar-refractivity contribution in [3.05, 3.63) is 120 Å². The summed E-state index contributed by atoms with van der Waals surface area (Å²) in [4.78, 5) is 22.3. The molecule has 0 spiro atoms. The van der Waals surface area contributed by atoms with E-state index in [1.165, 1.54) is 0 Å². The number of Topliss-reactive ketones (excluding diaryl/α,β-unsaturated/α-hetero) is 1. The number of aliphatic hydroxyl groups excluding tert-OH is 1. The monoisotopic (exact) mass is 610 g/mol. The average molecular weight is 611 g/mol. The Morgan fingerprint density at radius 3 is 2.23 bits per heavy atom. The summed E-state index contributed by atoms with van der Waals surface area (Å²) in [5, 5.41) is 15.4. The van der Waals surface area contributed by atoms with E-state index in [9.17, 15) is 18.3 Å². The number of hydrogen-bond donors (Lipinski definition) is 3. The molecule has 2 aromatic carbocycles. The van der Waals surface area contributed by atoms with Gasteiger partial charge in [0.1, 0.15) is 11.6 Å². The zero-order valence-corrected chi connectivity index (χ0v) is 25.7. The second kappa shape index (κ2) is 11.8. The van der Waals surface area contributed by atoms with Crippen LogP contribution in [-0.4, -0.2) is 35.0 Å². The van der Waals surface area contributed by atoms with Crippen LogP contribution in [0.25, 0.3) is 0 Å². The van der Waals surface area contributed by atoms with Crippen LogP contribution in [0.1, 0.15) is 68.0 Å². The molecule has 2 aromatic heterocycles. The van der Waals surface area contributed by atoms with Crippen molar-refractivity contribution in [2.75, 3.05) is 15.8 Å². The van der Waals surface area contributed by atoms with Crippen molar-refractivity contribution in [1.82, 2.24) is 9.97 Å². The molecule has 44 heavy (non-hydrogen) atoms. The van der Waals surface area contributed by atoms with Gasteiger partial charge >= 0.3 is 0 Å². The van der Waals surface area contributed by atoms with Gasteiger partial charge in [-0.05, 0) is 65.6 Å². The number of carbonyl (C=O) groups is 1. The van der Waals surface area contributed by atoms with Gasteiger partial charge in [-0.2, -0.15) is 0 Å². The number of hydrogen-bond acceptors (Lipinski definition) is 7. The molecule has 5 atom stereocenters. The van der Waals surface area contributed by atoms with E-state index < -0.39 is 33.5 Å². The number of nitrogens with one attached hydrogen (secondary N) is 2. The first-order valence-corrected chi connectivity index (χ1v) is 16.7. The number of ketones is 1. The highest BCUT2D eigenvalue weighted by Gasteiger charge is 2.65. The van der Waals surface area contributed by atoms with E-state index in [2.05, 4.69) is 20.0 Å². The summed E-state index contributed by atoms with van der Waals surface area (Å²) < 4.78 is 30.7. The molecule has 6 rings (SSSR count). The average Bonchev–Trinajstić information content (AvgIpc) is 3.36. The molecule has 2 aliphatic carbocycles. The predicted octanol–water partition coefficient (Wildman–Crippen LogP) is 6.28. The molecule has 2 aliphatic rings. The van der Waals surface area contributed by atoms with Crippen LogP contribution < -0.4 is 10.0 Å². The van der Waals surface area contributed by atoms with Gasteiger partial charge in [-0.1, -0.05) is 74.5 Å². The van der Waals surface area contributed by atoms with Gasteiger partial charge in [0.2, 0.25) is 10.0 Å². The molecular formula is C35H38N4O4S. The Morgan fingerprint density at radius 2 is 1.59 bits per heavy atom. The van der Waals surface area contributed by atoms with E-state index in [-0.39, 0.29) is 22.9 Å². The van der Waals surface area contributed by atoms with Gasteiger partial charge in [-0.3, -0.25) is 14.5 Å². The molecule has 228 valence electrons. The Balaban J connectivity index is 1.43. The lowest BCUT2D eigenvalue weighted by Gasteiger charge is -2.36. The van der Waals surface area contributed by atoms with Crippen LogP contribution >= 0.6 is 0 Å². The SMILES string of the molecule is CC1(C)[C@H]2CC[C@@]1(CS(=O)(=O)Nc1ccccc1C(Nc1ccccn1)C(c1ccccn1)C(O)c1ccccc1)C(=O)C2. The van der Waals surface area contributed by atoms with E-state index in [0.717, 1.165) is 6.42 Å². The number of para-hydroxylation sites is 1. The first-order chi connectivity index (χ1) is 21.1. The molecular weight excluding hydrogens is 572 g/mol. The molecule has 2 heterocycles. The van der Waals surface area contributed by atoms with Gasteiger partial charge in [-0.15, -0.1) is 0 Å². The van der Waals surface area contributed by atoms with Crippen LogP contribution in [0.5, 0.6) is 0 Å². The Kier molecular flexibility index (Phi) is 8.02. The van der Waals surface area contributed by atoms with Gasteiger partial charge in [-0.25, -0.2) is 13.4 Å². The predicted molar refractivity (Wildman–Crippen MR) is 171 cm³/mol. The van der Waals surface area contributed by atoms with E-state index >= 15 is 0 Å². The molecule has 0 radical (unpaired) electrons. The maximum atomic E-state index is 13.9. The molecule has 0 amide bonds. The van der Waals surface area contributed by atoms with E-state index in [4.69, 9.17) is 0 Å². The van der Waals surface area contributed by atoms with Crippen LogP contribution in [0.15, 0.2) is 103 Å². The number of pyridine rings is 2. The second-order valence-electron chi connectivity index (χ2n) is 12.6. The first kappa shape index (κ1) is 30.0. The fourth-order valence-corrected chi connectivity index (χ4v) is 9.33. The van der Waals surface area contributed by atoms with Crippen molar-refractivity contribution in [1.29, 1.82) is 0 Å². The van der Waals surface area contributed by atoms with E-state index in [1.807, 2.05) is 92.7 Å². The topological polar surface area (TPSA) is 121 Å². The number of aromatic nitrogens is 2. The summed E-state index contributed by atoms with van der Waals surface area (Å²) in [6, 6.07) is 26.9. The molecule has 2 saturated carbocycles. The van der Waals surface area contributed by atoms with Crippen molar-refractivity contribution in [3.8, 4) is 0 Å². The quantitative estimate of drug-likeness (QED) is 0.183. The Hall–Kier alpha value is -4.08. The summed E-state index contributed by atoms with van der Waals surface area (Å²) >= 11 is 0.